The van der Waals surface area contributed by atoms with Gasteiger partial charge in [-0.2, -0.15) is 0 Å². The van der Waals surface area contributed by atoms with E-state index < -0.39 is 0 Å². The van der Waals surface area contributed by atoms with E-state index >= 15 is 0 Å². The van der Waals surface area contributed by atoms with Crippen molar-refractivity contribution < 1.29 is 0 Å². The van der Waals surface area contributed by atoms with Crippen molar-refractivity contribution in [3.05, 3.63) is 0 Å². The summed E-state index contributed by atoms with van der Waals surface area (Å²) in [6.45, 7) is 0. The normalized spacial score (nSPS) is 80.0. The van der Waals surface area contributed by atoms with Crippen molar-refractivity contribution in [2.45, 2.75) is 19.3 Å². The number of rotatable bonds is 0. The van der Waals surface area contributed by atoms with Crippen molar-refractivity contribution in [1.29, 1.82) is 0 Å². The van der Waals surface area contributed by atoms with Gasteiger partial charge in [0.2, 0.25) is 0 Å². The maximum atomic E-state index is 1.65. The summed E-state index contributed by atoms with van der Waals surface area (Å²) in [6, 6.07) is 0. The van der Waals surface area contributed by atoms with E-state index in [-0.39, 0.29) is 0 Å². The highest BCUT2D eigenvalue weighted by molar-refractivity contribution is 5.19. The third-order valence-corrected chi connectivity index (χ3v) is 4.54. The summed E-state index contributed by atoms with van der Waals surface area (Å²) in [5.74, 6) is 7.56. The van der Waals surface area contributed by atoms with Crippen molar-refractivity contribution in [2.24, 2.45) is 35.5 Å². The van der Waals surface area contributed by atoms with Gasteiger partial charge in [-0.25, -0.2) is 0 Å². The van der Waals surface area contributed by atoms with E-state index in [9.17, 15) is 0 Å². The highest BCUT2D eigenvalue weighted by Gasteiger charge is 2.71. The summed E-state index contributed by atoms with van der Waals surface area (Å²) < 4.78 is 0. The monoisotopic (exact) mass is 120 g/mol. The molecule has 5 fully saturated rings. The lowest BCUT2D eigenvalue weighted by Gasteiger charge is -2.19. The molecule has 0 N–H and O–H groups in total. The summed E-state index contributed by atoms with van der Waals surface area (Å²) in [7, 11) is 0. The molecule has 5 aliphatic carbocycles. The van der Waals surface area contributed by atoms with Crippen LogP contribution in [0, 0.1) is 35.5 Å². The van der Waals surface area contributed by atoms with Crippen molar-refractivity contribution >= 4 is 0 Å². The Labute approximate surface area is 55.6 Å². The first kappa shape index (κ1) is 4.00. The summed E-state index contributed by atoms with van der Waals surface area (Å²) >= 11 is 0. The molecule has 0 nitrogen and oxygen atoms in total. The molecule has 4 atom stereocenters. The zero-order valence-electron chi connectivity index (χ0n) is 5.59. The SMILES string of the molecule is C1C2C3CC4C(C3)C4C12. The quantitative estimate of drug-likeness (QED) is 0.458. The molecule has 48 valence electrons. The van der Waals surface area contributed by atoms with E-state index in [1.54, 1.807) is 19.3 Å². The van der Waals surface area contributed by atoms with Gasteiger partial charge in [-0.1, -0.05) is 0 Å². The molecule has 0 amide bonds. The van der Waals surface area contributed by atoms with Gasteiger partial charge in [-0.05, 0) is 54.8 Å². The Balaban J connectivity index is 1.91. The van der Waals surface area contributed by atoms with Gasteiger partial charge in [0, 0.05) is 0 Å². The fourth-order valence-electron chi connectivity index (χ4n) is 4.14. The molecule has 0 heteroatoms. The highest BCUT2D eigenvalue weighted by atomic mass is 14.8. The molecule has 0 aromatic heterocycles. The van der Waals surface area contributed by atoms with Crippen LogP contribution in [0.1, 0.15) is 19.3 Å². The molecule has 0 aromatic rings. The maximum absolute atomic E-state index is 1.65. The van der Waals surface area contributed by atoms with Crippen LogP contribution in [0.5, 0.6) is 0 Å². The van der Waals surface area contributed by atoms with Crippen molar-refractivity contribution in [3.8, 4) is 0 Å². The minimum atomic E-state index is 1.23. The molecule has 4 bridgehead atoms. The molecule has 0 saturated heterocycles. The fourth-order valence-corrected chi connectivity index (χ4v) is 4.14. The smallest absolute Gasteiger partial charge is 0.0320 e. The average Bonchev–Trinajstić information content (AvgIpc) is 2.68. The number of hydrogen-bond donors (Lipinski definition) is 0. The number of hydrogen-bond acceptors (Lipinski definition) is 0. The summed E-state index contributed by atoms with van der Waals surface area (Å²) in [6.07, 6.45) is 4.94. The van der Waals surface area contributed by atoms with Gasteiger partial charge in [0.1, 0.15) is 0 Å². The van der Waals surface area contributed by atoms with Gasteiger partial charge in [-0.3, -0.25) is 0 Å². The van der Waals surface area contributed by atoms with E-state index in [2.05, 4.69) is 0 Å². The van der Waals surface area contributed by atoms with Crippen LogP contribution in [0.4, 0.5) is 0 Å². The minimum Gasteiger partial charge on any atom is -0.0467 e. The van der Waals surface area contributed by atoms with Gasteiger partial charge >= 0.3 is 0 Å². The summed E-state index contributed by atoms with van der Waals surface area (Å²) in [5.41, 5.74) is 0. The topological polar surface area (TPSA) is 0 Å². The molecule has 5 rings (SSSR count). The van der Waals surface area contributed by atoms with Crippen molar-refractivity contribution in [1.82, 2.24) is 0 Å². The second-order valence-electron chi connectivity index (χ2n) is 4.70. The standard InChI is InChI=1S/C9H12/c1-4-2-7-6(1)9(7)8-3-5(4)8/h4-9H,1-3H2. The maximum Gasteiger partial charge on any atom is -0.0320 e. The Kier molecular flexibility index (Phi) is 0.395. The Morgan fingerprint density at radius 3 is 1.89 bits per heavy atom. The Morgan fingerprint density at radius 2 is 1.33 bits per heavy atom. The van der Waals surface area contributed by atoms with Crippen LogP contribution in [-0.4, -0.2) is 0 Å². The van der Waals surface area contributed by atoms with Crippen molar-refractivity contribution in [3.63, 3.8) is 0 Å². The largest absolute Gasteiger partial charge is 0.0467 e. The van der Waals surface area contributed by atoms with Gasteiger partial charge in [0.15, 0.2) is 0 Å². The molecule has 0 spiro atoms. The lowest BCUT2D eigenvalue weighted by atomic mass is 9.86. The molecule has 4 unspecified atom stereocenters. The Morgan fingerprint density at radius 1 is 0.667 bits per heavy atom. The first-order chi connectivity index (χ1) is 4.45. The molecule has 0 aliphatic heterocycles. The third kappa shape index (κ3) is 0.281. The molecule has 5 aliphatic rings. The zero-order chi connectivity index (χ0) is 5.59. The molecule has 0 radical (unpaired) electrons. The van der Waals surface area contributed by atoms with Crippen molar-refractivity contribution in [2.75, 3.05) is 0 Å². The predicted octanol–water partition coefficient (Wildman–Crippen LogP) is 1.91. The van der Waals surface area contributed by atoms with Crippen LogP contribution in [0.15, 0.2) is 0 Å². The predicted molar refractivity (Wildman–Crippen MR) is 34.8 cm³/mol. The second-order valence-corrected chi connectivity index (χ2v) is 4.70. The van der Waals surface area contributed by atoms with Gasteiger partial charge < -0.3 is 0 Å². The lowest BCUT2D eigenvalue weighted by Crippen LogP contribution is -2.12. The molecule has 9 heavy (non-hydrogen) atoms. The van der Waals surface area contributed by atoms with Gasteiger partial charge in [0.25, 0.3) is 0 Å². The van der Waals surface area contributed by atoms with Crippen LogP contribution >= 0.6 is 0 Å². The first-order valence-corrected chi connectivity index (χ1v) is 4.45. The van der Waals surface area contributed by atoms with Gasteiger partial charge in [0.05, 0.1) is 0 Å². The second kappa shape index (κ2) is 0.889. The molecule has 0 aromatic carbocycles. The summed E-state index contributed by atoms with van der Waals surface area (Å²) in [5, 5.41) is 0. The molecular formula is C9H12. The van der Waals surface area contributed by atoms with Crippen LogP contribution < -0.4 is 0 Å². The van der Waals surface area contributed by atoms with E-state index in [0.29, 0.717) is 0 Å². The van der Waals surface area contributed by atoms with Crippen LogP contribution in [-0.2, 0) is 0 Å². The Bertz CT molecular complexity index is 160. The molecular weight excluding hydrogens is 108 g/mol. The Hall–Kier alpha value is 0. The van der Waals surface area contributed by atoms with Gasteiger partial charge in [-0.15, -0.1) is 0 Å². The molecule has 5 saturated carbocycles. The summed E-state index contributed by atoms with van der Waals surface area (Å²) in [4.78, 5) is 0. The minimum absolute atomic E-state index is 1.23. The van der Waals surface area contributed by atoms with E-state index in [0.717, 1.165) is 0 Å². The van der Waals surface area contributed by atoms with E-state index in [4.69, 9.17) is 0 Å². The lowest BCUT2D eigenvalue weighted by molar-refractivity contribution is 0.296. The van der Waals surface area contributed by atoms with E-state index in [1.165, 1.54) is 35.5 Å². The third-order valence-electron chi connectivity index (χ3n) is 4.54. The fraction of sp³-hybridized carbons (Fsp3) is 1.00. The van der Waals surface area contributed by atoms with Crippen LogP contribution in [0.25, 0.3) is 0 Å². The van der Waals surface area contributed by atoms with E-state index in [1.807, 2.05) is 0 Å². The first-order valence-electron chi connectivity index (χ1n) is 4.45. The zero-order valence-corrected chi connectivity index (χ0v) is 5.59. The van der Waals surface area contributed by atoms with Crippen LogP contribution in [0.2, 0.25) is 0 Å². The van der Waals surface area contributed by atoms with Crippen LogP contribution in [0.3, 0.4) is 0 Å². The average molecular weight is 120 g/mol. The highest BCUT2D eigenvalue weighted by Crippen LogP contribution is 2.78. The molecule has 0 heterocycles.